The molecule has 2 aromatic carbocycles. The number of benzene rings is 2. The molecule has 3 saturated heterocycles. The van der Waals surface area contributed by atoms with Crippen LogP contribution >= 0.6 is 20.1 Å². The summed E-state index contributed by atoms with van der Waals surface area (Å²) in [7, 11) is 0.337. The summed E-state index contributed by atoms with van der Waals surface area (Å²) in [6.07, 6.45) is 4.69. The molecule has 5 atom stereocenters. The zero-order valence-electron chi connectivity index (χ0n) is 18.8. The Bertz CT molecular complexity index is 1220. The lowest BCUT2D eigenvalue weighted by atomic mass is 9.99. The minimum Gasteiger partial charge on any atom is -0.477 e. The quantitative estimate of drug-likeness (QED) is 0.397. The van der Waals surface area contributed by atoms with Gasteiger partial charge in [0.1, 0.15) is 11.8 Å². The Morgan fingerprint density at radius 2 is 2.00 bits per heavy atom. The van der Waals surface area contributed by atoms with E-state index < -0.39 is 6.04 Å². The number of para-hydroxylation sites is 1. The summed E-state index contributed by atoms with van der Waals surface area (Å²) in [6.45, 7) is 0.813. The minimum absolute atomic E-state index is 0.0887. The molecule has 6 nitrogen and oxygen atoms in total. The van der Waals surface area contributed by atoms with Crippen LogP contribution in [0.2, 0.25) is 0 Å². The van der Waals surface area contributed by atoms with Crippen molar-refractivity contribution in [2.45, 2.75) is 56.0 Å². The van der Waals surface area contributed by atoms with Crippen LogP contribution in [0.5, 0.6) is 5.75 Å². The van der Waals surface area contributed by atoms with Crippen molar-refractivity contribution in [3.8, 4) is 5.75 Å². The Hall–Kier alpha value is -2.47. The molecule has 34 heavy (non-hydrogen) atoms. The summed E-state index contributed by atoms with van der Waals surface area (Å²) >= 11 is 1.48. The van der Waals surface area contributed by atoms with Crippen LogP contribution in [0.15, 0.2) is 54.6 Å². The fourth-order valence-electron chi connectivity index (χ4n) is 5.26. The van der Waals surface area contributed by atoms with Crippen molar-refractivity contribution in [3.05, 3.63) is 65.0 Å². The van der Waals surface area contributed by atoms with Gasteiger partial charge in [0.15, 0.2) is 0 Å². The van der Waals surface area contributed by atoms with Crippen molar-refractivity contribution in [1.29, 1.82) is 0 Å². The summed E-state index contributed by atoms with van der Waals surface area (Å²) in [5, 5.41) is 7.64. The zero-order valence-corrected chi connectivity index (χ0v) is 20.6. The molecule has 0 radical (unpaired) electrons. The van der Waals surface area contributed by atoms with Crippen molar-refractivity contribution >= 4 is 42.0 Å². The van der Waals surface area contributed by atoms with Crippen LogP contribution in [0, 0.1) is 0 Å². The highest BCUT2D eigenvalue weighted by Crippen LogP contribution is 2.33. The fourth-order valence-corrected chi connectivity index (χ4v) is 6.97. The van der Waals surface area contributed by atoms with Crippen LogP contribution in [0.3, 0.4) is 0 Å². The van der Waals surface area contributed by atoms with Crippen molar-refractivity contribution in [1.82, 2.24) is 15.5 Å². The second-order valence-electron chi connectivity index (χ2n) is 9.42. The molecule has 0 spiro atoms. The molecule has 6 rings (SSSR count). The summed E-state index contributed by atoms with van der Waals surface area (Å²) in [4.78, 5) is 29.0. The molecular formula is C26H28N3O3PS. The molecular weight excluding hydrogens is 465 g/mol. The van der Waals surface area contributed by atoms with Crippen LogP contribution in [0.1, 0.15) is 40.9 Å². The number of rotatable bonds is 6. The molecule has 0 aliphatic carbocycles. The van der Waals surface area contributed by atoms with Crippen molar-refractivity contribution < 1.29 is 14.1 Å². The summed E-state index contributed by atoms with van der Waals surface area (Å²) in [5.74, 6) is 0.822. The van der Waals surface area contributed by atoms with Gasteiger partial charge in [0.05, 0.1) is 13.7 Å². The lowest BCUT2D eigenvalue weighted by Gasteiger charge is -2.31. The first-order valence-corrected chi connectivity index (χ1v) is 13.9. The zero-order chi connectivity index (χ0) is 23.1. The number of carbonyl (C=O) groups excluding carboxylic acids is 2. The van der Waals surface area contributed by atoms with Gasteiger partial charge in [-0.05, 0) is 67.0 Å². The normalized spacial score (nSPS) is 26.2. The molecule has 0 saturated carbocycles. The number of hydrogen-bond donors (Lipinski definition) is 2. The van der Waals surface area contributed by atoms with Crippen LogP contribution in [0.4, 0.5) is 0 Å². The van der Waals surface area contributed by atoms with E-state index >= 15 is 0 Å². The van der Waals surface area contributed by atoms with Crippen LogP contribution in [-0.2, 0) is 11.0 Å². The summed E-state index contributed by atoms with van der Waals surface area (Å²) < 4.78 is 6.92. The van der Waals surface area contributed by atoms with E-state index in [2.05, 4.69) is 28.8 Å². The molecule has 3 aliphatic rings. The standard InChI is InChI=1S/C26H28N3O3PS/c30-25(28-22-14-21-20(27-21)13-18-5-4-10-29(18)26(22)31)24-12-17-11-16(8-9-23(17)34-24)15-33-32-19-6-2-1-3-7-19/h1-3,6-9,11-12,18,20-22,27,33H,4-5,10,13-15H2,(H,28,30)/t18-,20+,21-,22+/m1/s1. The topological polar surface area (TPSA) is 80.6 Å². The molecule has 8 heteroatoms. The van der Waals surface area contributed by atoms with Gasteiger partial charge in [-0.3, -0.25) is 9.59 Å². The highest BCUT2D eigenvalue weighted by molar-refractivity contribution is 7.31. The van der Waals surface area contributed by atoms with E-state index in [0.717, 1.165) is 47.8 Å². The average Bonchev–Trinajstić information content (AvgIpc) is 3.21. The molecule has 4 heterocycles. The van der Waals surface area contributed by atoms with E-state index in [9.17, 15) is 9.59 Å². The second kappa shape index (κ2) is 9.29. The van der Waals surface area contributed by atoms with Gasteiger partial charge < -0.3 is 20.1 Å². The molecule has 1 aromatic heterocycles. The van der Waals surface area contributed by atoms with Crippen LogP contribution in [0.25, 0.3) is 10.1 Å². The minimum atomic E-state index is -0.451. The number of amides is 2. The van der Waals surface area contributed by atoms with Gasteiger partial charge >= 0.3 is 0 Å². The maximum Gasteiger partial charge on any atom is 0.262 e. The molecule has 3 aromatic rings. The third kappa shape index (κ3) is 4.57. The Morgan fingerprint density at radius 1 is 1.15 bits per heavy atom. The predicted molar refractivity (Wildman–Crippen MR) is 137 cm³/mol. The van der Waals surface area contributed by atoms with E-state index in [1.54, 1.807) is 0 Å². The summed E-state index contributed by atoms with van der Waals surface area (Å²) in [5.41, 5.74) is 1.19. The van der Waals surface area contributed by atoms with Gasteiger partial charge in [-0.15, -0.1) is 11.3 Å². The third-order valence-corrected chi connectivity index (χ3v) is 9.15. The Labute approximate surface area is 204 Å². The Balaban J connectivity index is 1.12. The van der Waals surface area contributed by atoms with Crippen LogP contribution < -0.4 is 15.2 Å². The second-order valence-corrected chi connectivity index (χ2v) is 11.4. The highest BCUT2D eigenvalue weighted by Gasteiger charge is 2.47. The van der Waals surface area contributed by atoms with E-state index in [4.69, 9.17) is 4.52 Å². The maximum atomic E-state index is 13.2. The van der Waals surface area contributed by atoms with Gasteiger partial charge in [-0.2, -0.15) is 0 Å². The highest BCUT2D eigenvalue weighted by atomic mass is 32.1. The Morgan fingerprint density at radius 3 is 2.88 bits per heavy atom. The number of nitrogens with zero attached hydrogens (tertiary/aromatic N) is 1. The number of fused-ring (bicyclic) bond motifs is 3. The first kappa shape index (κ1) is 22.0. The van der Waals surface area contributed by atoms with E-state index in [-0.39, 0.29) is 11.8 Å². The molecule has 0 bridgehead atoms. The smallest absolute Gasteiger partial charge is 0.262 e. The molecule has 2 amide bonds. The SMILES string of the molecule is O=C(N[C@H]1C[C@H]2N[C@H]2C[C@H]2CCCN2C1=O)c1cc2cc(CPOc3ccccc3)ccc2s1. The molecule has 1 unspecified atom stereocenters. The monoisotopic (exact) mass is 493 g/mol. The number of thiophene rings is 1. The Kier molecular flexibility index (Phi) is 6.02. The molecule has 2 N–H and O–H groups in total. The fraction of sp³-hybridized carbons (Fsp3) is 0.385. The molecule has 3 aliphatic heterocycles. The van der Waals surface area contributed by atoms with Crippen LogP contribution in [-0.4, -0.2) is 47.4 Å². The van der Waals surface area contributed by atoms with Crippen molar-refractivity contribution in [2.75, 3.05) is 6.54 Å². The first-order valence-electron chi connectivity index (χ1n) is 12.0. The van der Waals surface area contributed by atoms with Gasteiger partial charge in [0.25, 0.3) is 5.91 Å². The number of carbonyl (C=O) groups is 2. The molecule has 176 valence electrons. The van der Waals surface area contributed by atoms with Gasteiger partial charge in [0.2, 0.25) is 5.91 Å². The number of hydrogen-bond acceptors (Lipinski definition) is 5. The van der Waals surface area contributed by atoms with Gasteiger partial charge in [0, 0.05) is 35.5 Å². The van der Waals surface area contributed by atoms with Crippen molar-refractivity contribution in [2.24, 2.45) is 0 Å². The van der Waals surface area contributed by atoms with Gasteiger partial charge in [-0.25, -0.2) is 0 Å². The number of nitrogens with one attached hydrogen (secondary N) is 2. The predicted octanol–water partition coefficient (Wildman–Crippen LogP) is 4.30. The summed E-state index contributed by atoms with van der Waals surface area (Å²) in [6, 6.07) is 18.8. The third-order valence-electron chi connectivity index (χ3n) is 7.10. The first-order chi connectivity index (χ1) is 16.6. The largest absolute Gasteiger partial charge is 0.477 e. The van der Waals surface area contributed by atoms with Crippen molar-refractivity contribution in [3.63, 3.8) is 0 Å². The lowest BCUT2D eigenvalue weighted by Crippen LogP contribution is -2.52. The molecule has 3 fully saturated rings. The van der Waals surface area contributed by atoms with E-state index in [0.29, 0.717) is 38.2 Å². The average molecular weight is 494 g/mol. The lowest BCUT2D eigenvalue weighted by molar-refractivity contribution is -0.134. The maximum absolute atomic E-state index is 13.2. The van der Waals surface area contributed by atoms with Gasteiger partial charge in [-0.1, -0.05) is 24.3 Å². The van der Waals surface area contributed by atoms with E-state index in [1.807, 2.05) is 41.3 Å². The van der Waals surface area contributed by atoms with E-state index in [1.165, 1.54) is 16.9 Å².